The van der Waals surface area contributed by atoms with Gasteiger partial charge < -0.3 is 14.6 Å². The Bertz CT molecular complexity index is 1570. The van der Waals surface area contributed by atoms with Crippen molar-refractivity contribution in [1.82, 2.24) is 9.55 Å². The van der Waals surface area contributed by atoms with Gasteiger partial charge in [0.2, 0.25) is 5.82 Å². The third-order valence-electron chi connectivity index (χ3n) is 9.33. The molecule has 0 spiro atoms. The van der Waals surface area contributed by atoms with Crippen LogP contribution in [-0.4, -0.2) is 48.1 Å². The topological polar surface area (TPSA) is 114 Å². The van der Waals surface area contributed by atoms with E-state index in [1.165, 1.54) is 5.57 Å². The van der Waals surface area contributed by atoms with Crippen molar-refractivity contribution in [2.45, 2.75) is 121 Å². The largest absolute Gasteiger partial charge is 0.361 e. The zero-order valence-electron chi connectivity index (χ0n) is 28.0. The predicted molar refractivity (Wildman–Crippen MR) is 180 cm³/mol. The minimum atomic E-state index is -3.31. The summed E-state index contributed by atoms with van der Waals surface area (Å²) >= 11 is 0. The van der Waals surface area contributed by atoms with Gasteiger partial charge in [-0.3, -0.25) is 4.79 Å². The Hall–Kier alpha value is -2.74. The van der Waals surface area contributed by atoms with Gasteiger partial charge in [-0.05, 0) is 100 Å². The molecule has 8 nitrogen and oxygen atoms in total. The van der Waals surface area contributed by atoms with Crippen molar-refractivity contribution in [3.8, 4) is 6.07 Å². The van der Waals surface area contributed by atoms with Crippen molar-refractivity contribution in [2.75, 3.05) is 11.9 Å². The lowest BCUT2D eigenvalue weighted by molar-refractivity contribution is 0.0808. The van der Waals surface area contributed by atoms with E-state index >= 15 is 0 Å². The van der Waals surface area contributed by atoms with Crippen molar-refractivity contribution in [2.24, 2.45) is 5.41 Å². The van der Waals surface area contributed by atoms with Gasteiger partial charge in [0.1, 0.15) is 12.8 Å². The monoisotopic (exact) mass is 638 g/mol. The first-order valence-corrected chi connectivity index (χ1v) is 20.9. The van der Waals surface area contributed by atoms with Gasteiger partial charge in [0.05, 0.1) is 9.49 Å². The average molecular weight is 639 g/mol. The summed E-state index contributed by atoms with van der Waals surface area (Å²) < 4.78 is 32.4. The summed E-state index contributed by atoms with van der Waals surface area (Å²) in [5.74, 6) is -0.209. The highest BCUT2D eigenvalue weighted by Gasteiger charge is 2.52. The second kappa shape index (κ2) is 12.2. The van der Waals surface area contributed by atoms with Crippen LogP contribution in [0.5, 0.6) is 0 Å². The standard InChI is InChI=1S/C34H50N4O4SSi/c1-32(2)14-12-24(13-15-32)28-18-25(26-19-33(3,4)43(40,41)34(5,6)20-26)10-11-29(28)37-31(39)30-36-27(21-35)22-38(30)23-42-16-17-44(7,8)9/h10-12,18,22,26H,13-17,19-20,23H2,1-9H3,(H,37,39). The molecule has 0 unspecified atom stereocenters. The van der Waals surface area contributed by atoms with Gasteiger partial charge in [0.25, 0.3) is 5.91 Å². The first-order chi connectivity index (χ1) is 20.3. The number of rotatable bonds is 9. The number of ether oxygens (including phenoxy) is 1. The molecule has 1 aromatic heterocycles. The highest BCUT2D eigenvalue weighted by Crippen LogP contribution is 2.49. The van der Waals surface area contributed by atoms with Crippen LogP contribution in [0.2, 0.25) is 25.7 Å². The fraction of sp³-hybridized carbons (Fsp3) is 0.618. The van der Waals surface area contributed by atoms with Crippen LogP contribution in [-0.2, 0) is 21.3 Å². The number of hydrogen-bond donors (Lipinski definition) is 1. The third-order valence-corrected chi connectivity index (χ3v) is 14.3. The maximum absolute atomic E-state index is 13.7. The first kappa shape index (κ1) is 34.1. The second-order valence-corrected chi connectivity index (χ2v) is 24.7. The quantitative estimate of drug-likeness (QED) is 0.222. The van der Waals surface area contributed by atoms with E-state index in [4.69, 9.17) is 4.74 Å². The van der Waals surface area contributed by atoms with Crippen molar-refractivity contribution >= 4 is 35.1 Å². The summed E-state index contributed by atoms with van der Waals surface area (Å²) in [6.45, 7) is 19.5. The summed E-state index contributed by atoms with van der Waals surface area (Å²) in [5.41, 5.74) is 4.28. The van der Waals surface area contributed by atoms with E-state index in [1.807, 2.05) is 45.9 Å². The molecular formula is C34H50N4O4SSi. The van der Waals surface area contributed by atoms with E-state index < -0.39 is 33.3 Å². The average Bonchev–Trinajstić information content (AvgIpc) is 3.33. The number of allylic oxidation sites excluding steroid dienone is 2. The van der Waals surface area contributed by atoms with Crippen LogP contribution in [0.1, 0.15) is 107 Å². The number of aromatic nitrogens is 2. The molecule has 1 aliphatic carbocycles. The number of nitriles is 1. The number of benzene rings is 1. The molecule has 0 radical (unpaired) electrons. The van der Waals surface area contributed by atoms with E-state index in [0.717, 1.165) is 36.4 Å². The summed E-state index contributed by atoms with van der Waals surface area (Å²) in [6, 6.07) is 9.15. The maximum atomic E-state index is 13.7. The molecule has 1 aliphatic heterocycles. The Labute approximate surface area is 265 Å². The smallest absolute Gasteiger partial charge is 0.291 e. The molecule has 44 heavy (non-hydrogen) atoms. The Balaban J connectivity index is 1.67. The first-order valence-electron chi connectivity index (χ1n) is 15.7. The molecule has 10 heteroatoms. The molecule has 1 saturated heterocycles. The number of imidazole rings is 1. The van der Waals surface area contributed by atoms with Gasteiger partial charge >= 0.3 is 0 Å². The van der Waals surface area contributed by atoms with E-state index in [0.29, 0.717) is 25.1 Å². The van der Waals surface area contributed by atoms with Crippen molar-refractivity contribution in [3.63, 3.8) is 0 Å². The van der Waals surface area contributed by atoms with Crippen molar-refractivity contribution < 1.29 is 17.9 Å². The highest BCUT2D eigenvalue weighted by molar-refractivity contribution is 7.94. The van der Waals surface area contributed by atoms with Gasteiger partial charge in [0, 0.05) is 32.1 Å². The minimum Gasteiger partial charge on any atom is -0.361 e. The number of sulfone groups is 1. The molecule has 0 saturated carbocycles. The lowest BCUT2D eigenvalue weighted by atomic mass is 9.76. The number of carbonyl (C=O) groups is 1. The Kier molecular flexibility index (Phi) is 9.48. The number of nitrogens with one attached hydrogen (secondary N) is 1. The van der Waals surface area contributed by atoms with E-state index in [1.54, 1.807) is 10.8 Å². The Morgan fingerprint density at radius 1 is 1.14 bits per heavy atom. The number of anilines is 1. The van der Waals surface area contributed by atoms with Crippen LogP contribution in [0, 0.1) is 16.7 Å². The second-order valence-electron chi connectivity index (χ2n) is 15.9. The molecule has 4 rings (SSSR count). The highest BCUT2D eigenvalue weighted by atomic mass is 32.2. The van der Waals surface area contributed by atoms with Crippen LogP contribution in [0.15, 0.2) is 30.5 Å². The summed E-state index contributed by atoms with van der Waals surface area (Å²) in [7, 11) is -4.58. The van der Waals surface area contributed by atoms with Gasteiger partial charge in [-0.2, -0.15) is 5.26 Å². The molecular weight excluding hydrogens is 589 g/mol. The molecule has 240 valence electrons. The normalized spacial score (nSPS) is 20.9. The third kappa shape index (κ3) is 7.38. The zero-order chi connectivity index (χ0) is 32.7. The molecule has 1 aromatic carbocycles. The van der Waals surface area contributed by atoms with Gasteiger partial charge in [-0.1, -0.05) is 45.6 Å². The van der Waals surface area contributed by atoms with E-state index in [2.05, 4.69) is 55.9 Å². The summed E-state index contributed by atoms with van der Waals surface area (Å²) in [6.07, 6.45) is 7.77. The van der Waals surface area contributed by atoms with E-state index in [-0.39, 0.29) is 29.6 Å². The fourth-order valence-corrected chi connectivity index (χ4v) is 9.54. The van der Waals surface area contributed by atoms with Crippen LogP contribution < -0.4 is 5.32 Å². The van der Waals surface area contributed by atoms with Gasteiger partial charge in [0.15, 0.2) is 15.5 Å². The summed E-state index contributed by atoms with van der Waals surface area (Å²) in [4.78, 5) is 18.0. The van der Waals surface area contributed by atoms with E-state index in [9.17, 15) is 18.5 Å². The fourth-order valence-electron chi connectivity index (χ4n) is 6.44. The Morgan fingerprint density at radius 2 is 1.80 bits per heavy atom. The molecule has 2 aliphatic rings. The Morgan fingerprint density at radius 3 is 2.36 bits per heavy atom. The van der Waals surface area contributed by atoms with Crippen molar-refractivity contribution in [3.05, 3.63) is 53.1 Å². The van der Waals surface area contributed by atoms with Crippen LogP contribution in [0.4, 0.5) is 5.69 Å². The van der Waals surface area contributed by atoms with Crippen LogP contribution in [0.25, 0.3) is 5.57 Å². The molecule has 1 fully saturated rings. The number of hydrogen-bond acceptors (Lipinski definition) is 6. The lowest BCUT2D eigenvalue weighted by Crippen LogP contribution is -2.51. The molecule has 0 atom stereocenters. The van der Waals surface area contributed by atoms with Gasteiger partial charge in [-0.15, -0.1) is 0 Å². The van der Waals surface area contributed by atoms with Crippen LogP contribution >= 0.6 is 0 Å². The zero-order valence-corrected chi connectivity index (χ0v) is 29.8. The SMILES string of the molecule is CC1(C)CC=C(c2cc(C3CC(C)(C)S(=O)(=O)C(C)(C)C3)ccc2NC(=O)c2nc(C#N)cn2COCC[Si](C)(C)C)CC1. The number of amides is 1. The van der Waals surface area contributed by atoms with Crippen molar-refractivity contribution in [1.29, 1.82) is 5.26 Å². The lowest BCUT2D eigenvalue weighted by Gasteiger charge is -2.44. The number of nitrogens with zero attached hydrogens (tertiary/aromatic N) is 3. The molecule has 2 aromatic rings. The predicted octanol–water partition coefficient (Wildman–Crippen LogP) is 7.76. The number of carbonyl (C=O) groups excluding carboxylic acids is 1. The molecule has 1 N–H and O–H groups in total. The minimum absolute atomic E-state index is 0.0676. The molecule has 1 amide bonds. The molecule has 2 heterocycles. The maximum Gasteiger partial charge on any atom is 0.291 e. The summed E-state index contributed by atoms with van der Waals surface area (Å²) in [5, 5.41) is 12.6. The van der Waals surface area contributed by atoms with Gasteiger partial charge in [-0.25, -0.2) is 13.4 Å². The molecule has 0 bridgehead atoms. The van der Waals surface area contributed by atoms with Crippen LogP contribution in [0.3, 0.4) is 0 Å².